The van der Waals surface area contributed by atoms with Gasteiger partial charge in [0.25, 0.3) is 0 Å². The van der Waals surface area contributed by atoms with Crippen molar-refractivity contribution in [3.8, 4) is 0 Å². The molecule has 1 unspecified atom stereocenters. The third-order valence-electron chi connectivity index (χ3n) is 10.2. The van der Waals surface area contributed by atoms with Crippen molar-refractivity contribution in [1.82, 2.24) is 0 Å². The first kappa shape index (κ1) is 57.3. The molecule has 0 rings (SSSR count). The van der Waals surface area contributed by atoms with Crippen molar-refractivity contribution >= 4 is 17.9 Å². The van der Waals surface area contributed by atoms with Crippen LogP contribution in [0.2, 0.25) is 0 Å². The number of hydrogen-bond donors (Lipinski definition) is 0. The summed E-state index contributed by atoms with van der Waals surface area (Å²) < 4.78 is 16.7. The Balaban J connectivity index is 4.52. The summed E-state index contributed by atoms with van der Waals surface area (Å²) in [7, 11) is 0. The van der Waals surface area contributed by atoms with Gasteiger partial charge in [-0.15, -0.1) is 0 Å². The third kappa shape index (κ3) is 47.2. The predicted octanol–water partition coefficient (Wildman–Crippen LogP) is 16.2. The van der Waals surface area contributed by atoms with Crippen LogP contribution < -0.4 is 0 Å². The van der Waals surface area contributed by atoms with Crippen LogP contribution in [0.1, 0.15) is 213 Å². The average molecular weight is 847 g/mol. The van der Waals surface area contributed by atoms with Crippen LogP contribution in [0.3, 0.4) is 0 Å². The van der Waals surface area contributed by atoms with Crippen LogP contribution in [0.15, 0.2) is 97.2 Å². The van der Waals surface area contributed by atoms with Gasteiger partial charge >= 0.3 is 17.9 Å². The van der Waals surface area contributed by atoms with Gasteiger partial charge in [0, 0.05) is 19.3 Å². The molecule has 0 aliphatic carbocycles. The standard InChI is InChI=1S/C55H90O6/c1-4-7-10-13-16-19-22-25-27-30-33-36-39-42-45-48-54(57)60-51-52(50-59-53(56)47-44-41-38-35-32-29-24-21-18-15-12-9-6-3)61-55(58)49-46-43-40-37-34-31-28-26-23-20-17-14-11-8-5-2/h9,12,15-16,18-25,29,32,35,38,52H,4-8,10-11,13-14,17,26-28,30-31,33-34,36-37,39-51H2,1-3H3/b12-9+,18-15+,19-16+,23-20+,24-21+,25-22+,32-29+,38-35+. The molecule has 0 amide bonds. The number of rotatable bonds is 43. The van der Waals surface area contributed by atoms with E-state index >= 15 is 0 Å². The minimum atomic E-state index is -0.813. The first-order valence-corrected chi connectivity index (χ1v) is 24.8. The Hall–Kier alpha value is -3.67. The molecule has 6 nitrogen and oxygen atoms in total. The number of allylic oxidation sites excluding steroid dienone is 16. The van der Waals surface area contributed by atoms with E-state index in [0.717, 1.165) is 64.2 Å². The first-order valence-electron chi connectivity index (χ1n) is 24.8. The predicted molar refractivity (Wildman–Crippen MR) is 260 cm³/mol. The lowest BCUT2D eigenvalue weighted by atomic mass is 10.1. The van der Waals surface area contributed by atoms with E-state index in [1.165, 1.54) is 103 Å². The summed E-state index contributed by atoms with van der Waals surface area (Å²) in [5.74, 6) is -1.01. The molecule has 0 aliphatic rings. The molecule has 0 spiro atoms. The lowest BCUT2D eigenvalue weighted by Gasteiger charge is -2.18. The van der Waals surface area contributed by atoms with Crippen LogP contribution in [0, 0.1) is 0 Å². The van der Waals surface area contributed by atoms with Crippen molar-refractivity contribution in [3.63, 3.8) is 0 Å². The summed E-state index contributed by atoms with van der Waals surface area (Å²) in [6.07, 6.45) is 63.9. The molecule has 6 heteroatoms. The topological polar surface area (TPSA) is 78.9 Å². The van der Waals surface area contributed by atoms with Crippen LogP contribution in [0.4, 0.5) is 0 Å². The van der Waals surface area contributed by atoms with Gasteiger partial charge in [-0.05, 0) is 83.5 Å². The summed E-state index contributed by atoms with van der Waals surface area (Å²) in [4.78, 5) is 37.9. The van der Waals surface area contributed by atoms with Crippen LogP contribution in [0.25, 0.3) is 0 Å². The second kappa shape index (κ2) is 49.0. The maximum absolute atomic E-state index is 12.8. The zero-order valence-electron chi connectivity index (χ0n) is 39.4. The van der Waals surface area contributed by atoms with Gasteiger partial charge < -0.3 is 14.2 Å². The van der Waals surface area contributed by atoms with Gasteiger partial charge in [-0.2, -0.15) is 0 Å². The Bertz CT molecular complexity index is 1250. The normalized spacial score (nSPS) is 12.9. The van der Waals surface area contributed by atoms with E-state index < -0.39 is 6.10 Å². The molecule has 0 heterocycles. The lowest BCUT2D eigenvalue weighted by molar-refractivity contribution is -0.167. The first-order chi connectivity index (χ1) is 30.0. The summed E-state index contributed by atoms with van der Waals surface area (Å²) in [5.41, 5.74) is 0. The van der Waals surface area contributed by atoms with E-state index in [-0.39, 0.29) is 37.5 Å². The van der Waals surface area contributed by atoms with E-state index in [4.69, 9.17) is 14.2 Å². The molecule has 346 valence electrons. The second-order valence-corrected chi connectivity index (χ2v) is 16.1. The van der Waals surface area contributed by atoms with Gasteiger partial charge in [0.2, 0.25) is 0 Å². The average Bonchev–Trinajstić information content (AvgIpc) is 3.26. The fourth-order valence-corrected chi connectivity index (χ4v) is 6.46. The Morgan fingerprint density at radius 1 is 0.344 bits per heavy atom. The van der Waals surface area contributed by atoms with Crippen molar-refractivity contribution in [2.75, 3.05) is 13.2 Å². The van der Waals surface area contributed by atoms with E-state index in [2.05, 4.69) is 63.3 Å². The molecule has 0 bridgehead atoms. The van der Waals surface area contributed by atoms with E-state index in [9.17, 15) is 14.4 Å². The van der Waals surface area contributed by atoms with Gasteiger partial charge in [-0.25, -0.2) is 0 Å². The highest BCUT2D eigenvalue weighted by Crippen LogP contribution is 2.13. The van der Waals surface area contributed by atoms with Gasteiger partial charge in [-0.3, -0.25) is 14.4 Å². The fraction of sp³-hybridized carbons (Fsp3) is 0.655. The second-order valence-electron chi connectivity index (χ2n) is 16.1. The number of ether oxygens (including phenoxy) is 3. The van der Waals surface area contributed by atoms with E-state index in [1.54, 1.807) is 0 Å². The molecular weight excluding hydrogens is 757 g/mol. The summed E-state index contributed by atoms with van der Waals surface area (Å²) in [5, 5.41) is 0. The number of hydrogen-bond acceptors (Lipinski definition) is 6. The van der Waals surface area contributed by atoms with Gasteiger partial charge in [-0.1, -0.05) is 208 Å². The SMILES string of the molecule is CC/C=C/C=C/C=C/C=C/C=C/CCCC(=O)OCC(COC(=O)CCCCCCCC/C=C/C=C/CCCCC)OC(=O)CCCCCCCCC/C=C/CCCCCC. The third-order valence-corrected chi connectivity index (χ3v) is 10.2. The Morgan fingerprint density at radius 3 is 1.16 bits per heavy atom. The molecule has 0 aromatic heterocycles. The smallest absolute Gasteiger partial charge is 0.306 e. The number of carbonyl (C=O) groups excluding carboxylic acids is 3. The summed E-state index contributed by atoms with van der Waals surface area (Å²) in [6.45, 7) is 6.36. The van der Waals surface area contributed by atoms with Crippen molar-refractivity contribution in [3.05, 3.63) is 97.2 Å². The lowest BCUT2D eigenvalue weighted by Crippen LogP contribution is -2.30. The molecule has 0 aromatic carbocycles. The van der Waals surface area contributed by atoms with Crippen LogP contribution in [0.5, 0.6) is 0 Å². The molecule has 0 aromatic rings. The molecule has 0 saturated carbocycles. The molecule has 61 heavy (non-hydrogen) atoms. The van der Waals surface area contributed by atoms with Crippen LogP contribution in [-0.4, -0.2) is 37.2 Å². The molecule has 0 radical (unpaired) electrons. The Kier molecular flexibility index (Phi) is 46.0. The highest BCUT2D eigenvalue weighted by molar-refractivity contribution is 5.71. The minimum Gasteiger partial charge on any atom is -0.462 e. The van der Waals surface area contributed by atoms with Crippen molar-refractivity contribution in [2.45, 2.75) is 219 Å². The number of esters is 3. The molecule has 0 saturated heterocycles. The number of carbonyl (C=O) groups is 3. The van der Waals surface area contributed by atoms with Crippen molar-refractivity contribution in [1.29, 1.82) is 0 Å². The van der Waals surface area contributed by atoms with Gasteiger partial charge in [0.1, 0.15) is 13.2 Å². The molecular formula is C55H90O6. The highest BCUT2D eigenvalue weighted by Gasteiger charge is 2.19. The van der Waals surface area contributed by atoms with Gasteiger partial charge in [0.15, 0.2) is 6.10 Å². The quantitative estimate of drug-likeness (QED) is 0.0200. The van der Waals surface area contributed by atoms with Crippen LogP contribution in [-0.2, 0) is 28.6 Å². The van der Waals surface area contributed by atoms with E-state index in [0.29, 0.717) is 19.3 Å². The number of unbranched alkanes of at least 4 members (excludes halogenated alkanes) is 21. The summed E-state index contributed by atoms with van der Waals surface area (Å²) in [6, 6.07) is 0. The Morgan fingerprint density at radius 2 is 0.672 bits per heavy atom. The van der Waals surface area contributed by atoms with E-state index in [1.807, 2.05) is 54.7 Å². The maximum Gasteiger partial charge on any atom is 0.306 e. The van der Waals surface area contributed by atoms with Crippen molar-refractivity contribution in [2.24, 2.45) is 0 Å². The largest absolute Gasteiger partial charge is 0.462 e. The molecule has 0 aliphatic heterocycles. The zero-order valence-corrected chi connectivity index (χ0v) is 39.4. The molecule has 0 N–H and O–H groups in total. The van der Waals surface area contributed by atoms with Crippen LogP contribution >= 0.6 is 0 Å². The monoisotopic (exact) mass is 847 g/mol. The zero-order chi connectivity index (χ0) is 44.4. The molecule has 0 fully saturated rings. The molecule has 1 atom stereocenters. The fourth-order valence-electron chi connectivity index (χ4n) is 6.46. The highest BCUT2D eigenvalue weighted by atomic mass is 16.6. The summed E-state index contributed by atoms with van der Waals surface area (Å²) >= 11 is 0. The van der Waals surface area contributed by atoms with Gasteiger partial charge in [0.05, 0.1) is 0 Å². The Labute approximate surface area is 375 Å². The van der Waals surface area contributed by atoms with Crippen molar-refractivity contribution < 1.29 is 28.6 Å². The maximum atomic E-state index is 12.8. The minimum absolute atomic E-state index is 0.109.